The number of rotatable bonds is 6. The van der Waals surface area contributed by atoms with Crippen LogP contribution in [0.5, 0.6) is 0 Å². The van der Waals surface area contributed by atoms with E-state index < -0.39 is 10.0 Å². The monoisotopic (exact) mass is 372 g/mol. The third-order valence-electron chi connectivity index (χ3n) is 4.11. The fraction of sp³-hybridized carbons (Fsp3) is 0.222. The van der Waals surface area contributed by atoms with Crippen molar-refractivity contribution in [2.45, 2.75) is 30.7 Å². The first-order valence-corrected chi connectivity index (χ1v) is 9.73. The fourth-order valence-electron chi connectivity index (χ4n) is 2.70. The van der Waals surface area contributed by atoms with Crippen LogP contribution in [0.2, 0.25) is 0 Å². The Morgan fingerprint density at radius 2 is 1.88 bits per heavy atom. The molecule has 7 nitrogen and oxygen atoms in total. The van der Waals surface area contributed by atoms with Gasteiger partial charge in [0, 0.05) is 12.8 Å². The average Bonchev–Trinajstić information content (AvgIpc) is 3.02. The summed E-state index contributed by atoms with van der Waals surface area (Å²) in [6, 6.07) is 13.6. The third kappa shape index (κ3) is 4.27. The molecule has 1 amide bonds. The highest BCUT2D eigenvalue weighted by Gasteiger charge is 2.13. The molecule has 1 atom stereocenters. The number of hydrogen-bond acceptors (Lipinski definition) is 4. The van der Waals surface area contributed by atoms with Crippen LogP contribution in [0.1, 0.15) is 30.8 Å². The van der Waals surface area contributed by atoms with Crippen molar-refractivity contribution < 1.29 is 13.2 Å². The zero-order valence-corrected chi connectivity index (χ0v) is 15.1. The lowest BCUT2D eigenvalue weighted by Gasteiger charge is -2.14. The quantitative estimate of drug-likeness (QED) is 0.613. The first kappa shape index (κ1) is 18.1. The van der Waals surface area contributed by atoms with Gasteiger partial charge in [0.15, 0.2) is 0 Å². The Bertz CT molecular complexity index is 993. The number of benzene rings is 2. The number of aromatic nitrogens is 2. The Kier molecular flexibility index (Phi) is 5.06. The lowest BCUT2D eigenvalue weighted by atomic mass is 10.1. The molecular formula is C18H20N4O3S. The second-order valence-electron chi connectivity index (χ2n) is 6.10. The molecular weight excluding hydrogens is 352 g/mol. The molecule has 3 rings (SSSR count). The summed E-state index contributed by atoms with van der Waals surface area (Å²) in [7, 11) is -3.72. The van der Waals surface area contributed by atoms with Crippen molar-refractivity contribution in [3.8, 4) is 0 Å². The van der Waals surface area contributed by atoms with Gasteiger partial charge in [0.25, 0.3) is 0 Å². The summed E-state index contributed by atoms with van der Waals surface area (Å²) in [5.74, 6) is 0.667. The largest absolute Gasteiger partial charge is 0.350 e. The highest BCUT2D eigenvalue weighted by atomic mass is 32.2. The van der Waals surface area contributed by atoms with Crippen molar-refractivity contribution in [2.75, 3.05) is 0 Å². The molecule has 0 radical (unpaired) electrons. The summed E-state index contributed by atoms with van der Waals surface area (Å²) >= 11 is 0. The lowest BCUT2D eigenvalue weighted by Crippen LogP contribution is -2.27. The Morgan fingerprint density at radius 3 is 2.54 bits per heavy atom. The van der Waals surface area contributed by atoms with Gasteiger partial charge >= 0.3 is 0 Å². The van der Waals surface area contributed by atoms with Crippen LogP contribution in [0.3, 0.4) is 0 Å². The van der Waals surface area contributed by atoms with Crippen molar-refractivity contribution in [1.29, 1.82) is 0 Å². The van der Waals surface area contributed by atoms with Crippen molar-refractivity contribution in [3.05, 3.63) is 59.9 Å². The molecule has 136 valence electrons. The second-order valence-corrected chi connectivity index (χ2v) is 7.67. The predicted molar refractivity (Wildman–Crippen MR) is 98.8 cm³/mol. The Morgan fingerprint density at radius 1 is 1.19 bits per heavy atom. The number of aromatic amines is 1. The maximum absolute atomic E-state index is 12.2. The van der Waals surface area contributed by atoms with Gasteiger partial charge in [-0.3, -0.25) is 4.79 Å². The lowest BCUT2D eigenvalue weighted by molar-refractivity contribution is -0.121. The van der Waals surface area contributed by atoms with Crippen LogP contribution >= 0.6 is 0 Å². The summed E-state index contributed by atoms with van der Waals surface area (Å²) in [6.07, 6.45) is 0.816. The normalized spacial score (nSPS) is 12.8. The van der Waals surface area contributed by atoms with Crippen LogP contribution in [-0.2, 0) is 21.2 Å². The van der Waals surface area contributed by atoms with Gasteiger partial charge in [0.05, 0.1) is 22.0 Å². The average molecular weight is 372 g/mol. The van der Waals surface area contributed by atoms with Gasteiger partial charge in [-0.1, -0.05) is 24.3 Å². The number of imidazole rings is 1. The minimum absolute atomic E-state index is 0.0460. The minimum atomic E-state index is -3.72. The molecule has 0 spiro atoms. The zero-order chi connectivity index (χ0) is 18.7. The van der Waals surface area contributed by atoms with E-state index in [-0.39, 0.29) is 16.8 Å². The summed E-state index contributed by atoms with van der Waals surface area (Å²) in [6.45, 7) is 1.84. The smallest absolute Gasteiger partial charge is 0.238 e. The maximum atomic E-state index is 12.2. The number of nitrogens with two attached hydrogens (primary N) is 1. The number of amides is 1. The van der Waals surface area contributed by atoms with Gasteiger partial charge in [0.1, 0.15) is 5.82 Å². The molecule has 0 saturated carbocycles. The Hall–Kier alpha value is -2.71. The Balaban J connectivity index is 1.57. The van der Waals surface area contributed by atoms with E-state index in [1.165, 1.54) is 12.1 Å². The molecule has 0 fully saturated rings. The molecule has 0 aliphatic carbocycles. The van der Waals surface area contributed by atoms with Gasteiger partial charge < -0.3 is 10.3 Å². The highest BCUT2D eigenvalue weighted by Crippen LogP contribution is 2.16. The summed E-state index contributed by atoms with van der Waals surface area (Å²) < 4.78 is 22.6. The molecule has 2 aromatic carbocycles. The van der Waals surface area contributed by atoms with Crippen LogP contribution in [0.4, 0.5) is 0 Å². The number of aryl methyl sites for hydroxylation is 1. The number of carbonyl (C=O) groups excluding carboxylic acids is 1. The molecule has 0 aliphatic rings. The number of sulfonamides is 1. The summed E-state index contributed by atoms with van der Waals surface area (Å²) in [5, 5.41) is 7.98. The standard InChI is InChI=1S/C18H20N4O3S/c1-12(13-6-8-14(9-7-13)26(19,24)25)20-18(23)11-10-17-21-15-4-2-3-5-16(15)22-17/h2-9,12H,10-11H2,1H3,(H,20,23)(H,21,22)(H2,19,24,25). The number of para-hydroxylation sites is 2. The molecule has 1 heterocycles. The number of hydrogen-bond donors (Lipinski definition) is 3. The number of nitrogens with one attached hydrogen (secondary N) is 2. The van der Waals surface area contributed by atoms with E-state index >= 15 is 0 Å². The number of fused-ring (bicyclic) bond motifs is 1. The third-order valence-corrected chi connectivity index (χ3v) is 5.04. The van der Waals surface area contributed by atoms with Crippen LogP contribution < -0.4 is 10.5 Å². The number of H-pyrrole nitrogens is 1. The van der Waals surface area contributed by atoms with Crippen molar-refractivity contribution in [3.63, 3.8) is 0 Å². The fourth-order valence-corrected chi connectivity index (χ4v) is 3.21. The Labute approximate surface area is 151 Å². The van der Waals surface area contributed by atoms with Crippen molar-refractivity contribution in [1.82, 2.24) is 15.3 Å². The highest BCUT2D eigenvalue weighted by molar-refractivity contribution is 7.89. The molecule has 1 unspecified atom stereocenters. The summed E-state index contributed by atoms with van der Waals surface area (Å²) in [5.41, 5.74) is 2.63. The van der Waals surface area contributed by atoms with Crippen molar-refractivity contribution >= 4 is 27.0 Å². The van der Waals surface area contributed by atoms with Gasteiger partial charge in [-0.2, -0.15) is 0 Å². The van der Waals surface area contributed by atoms with E-state index in [1.54, 1.807) is 12.1 Å². The molecule has 0 bridgehead atoms. The molecule has 26 heavy (non-hydrogen) atoms. The second kappa shape index (κ2) is 7.27. The molecule has 0 aliphatic heterocycles. The minimum Gasteiger partial charge on any atom is -0.350 e. The zero-order valence-electron chi connectivity index (χ0n) is 14.3. The van der Waals surface area contributed by atoms with Crippen LogP contribution in [0, 0.1) is 0 Å². The van der Waals surface area contributed by atoms with Crippen LogP contribution in [0.15, 0.2) is 53.4 Å². The van der Waals surface area contributed by atoms with Gasteiger partial charge in [-0.15, -0.1) is 0 Å². The molecule has 1 aromatic heterocycles. The van der Waals surface area contributed by atoms with E-state index in [0.29, 0.717) is 12.8 Å². The number of nitrogens with zero attached hydrogens (tertiary/aromatic N) is 1. The number of primary sulfonamides is 1. The van der Waals surface area contributed by atoms with E-state index in [2.05, 4.69) is 15.3 Å². The van der Waals surface area contributed by atoms with E-state index in [1.807, 2.05) is 31.2 Å². The van der Waals surface area contributed by atoms with Crippen LogP contribution in [-0.4, -0.2) is 24.3 Å². The molecule has 8 heteroatoms. The molecule has 0 saturated heterocycles. The van der Waals surface area contributed by atoms with E-state index in [9.17, 15) is 13.2 Å². The topological polar surface area (TPSA) is 118 Å². The SMILES string of the molecule is CC(NC(=O)CCc1nc2ccccc2[nH]1)c1ccc(S(N)(=O)=O)cc1. The van der Waals surface area contributed by atoms with Gasteiger partial charge in [0.2, 0.25) is 15.9 Å². The van der Waals surface area contributed by atoms with E-state index in [0.717, 1.165) is 22.4 Å². The molecule has 3 aromatic rings. The predicted octanol–water partition coefficient (Wildman–Crippen LogP) is 2.02. The van der Waals surface area contributed by atoms with Gasteiger partial charge in [-0.05, 0) is 36.8 Å². The van der Waals surface area contributed by atoms with Crippen LogP contribution in [0.25, 0.3) is 11.0 Å². The van der Waals surface area contributed by atoms with Crippen molar-refractivity contribution in [2.24, 2.45) is 5.14 Å². The van der Waals surface area contributed by atoms with E-state index in [4.69, 9.17) is 5.14 Å². The molecule has 4 N–H and O–H groups in total. The summed E-state index contributed by atoms with van der Waals surface area (Å²) in [4.78, 5) is 19.9. The van der Waals surface area contributed by atoms with Gasteiger partial charge in [-0.25, -0.2) is 18.5 Å². The first-order chi connectivity index (χ1) is 12.3. The first-order valence-electron chi connectivity index (χ1n) is 8.19. The number of carbonyl (C=O) groups is 1. The maximum Gasteiger partial charge on any atom is 0.238 e.